The van der Waals surface area contributed by atoms with Crippen molar-refractivity contribution >= 4 is 23.2 Å². The molecule has 0 aliphatic carbocycles. The predicted molar refractivity (Wildman–Crippen MR) is 128 cm³/mol. The van der Waals surface area contributed by atoms with Crippen LogP contribution >= 0.6 is 11.6 Å². The van der Waals surface area contributed by atoms with Crippen LogP contribution < -0.4 is 10.7 Å². The van der Waals surface area contributed by atoms with E-state index in [1.807, 2.05) is 6.92 Å². The Balaban J connectivity index is 2.10. The van der Waals surface area contributed by atoms with E-state index in [0.29, 0.717) is 30.1 Å². The molecule has 1 aromatic heterocycles. The van der Waals surface area contributed by atoms with Crippen LogP contribution in [0.25, 0.3) is 0 Å². The number of para-hydroxylation sites is 1. The largest absolute Gasteiger partial charge is 0.343 e. The van der Waals surface area contributed by atoms with E-state index in [9.17, 15) is 9.59 Å². The molecule has 0 aliphatic heterocycles. The highest BCUT2D eigenvalue weighted by atomic mass is 35.5. The lowest BCUT2D eigenvalue weighted by Crippen LogP contribution is -2.29. The van der Waals surface area contributed by atoms with E-state index in [4.69, 9.17) is 11.6 Å². The minimum atomic E-state index is -0.412. The molecule has 1 N–H and O–H groups in total. The lowest BCUT2D eigenvalue weighted by atomic mass is 10.0. The first-order chi connectivity index (χ1) is 14.9. The fourth-order valence-electron chi connectivity index (χ4n) is 3.71. The van der Waals surface area contributed by atoms with Crippen LogP contribution in [0.5, 0.6) is 0 Å². The van der Waals surface area contributed by atoms with Gasteiger partial charge in [-0.15, -0.1) is 0 Å². The van der Waals surface area contributed by atoms with E-state index in [1.165, 1.54) is 5.56 Å². The average Bonchev–Trinajstić information content (AvgIpc) is 2.76. The molecule has 0 radical (unpaired) electrons. The number of unbranched alkanes of at least 4 members (excludes halogenated alkanes) is 1. The molecular weight excluding hydrogens is 408 g/mol. The second-order valence-electron chi connectivity index (χ2n) is 7.78. The van der Waals surface area contributed by atoms with Gasteiger partial charge in [-0.3, -0.25) is 9.59 Å². The molecular formula is C26H29ClN2O2. The summed E-state index contributed by atoms with van der Waals surface area (Å²) in [4.78, 5) is 26.3. The molecule has 0 bridgehead atoms. The summed E-state index contributed by atoms with van der Waals surface area (Å²) in [7, 11) is 0. The van der Waals surface area contributed by atoms with E-state index in [1.54, 1.807) is 30.3 Å². The highest BCUT2D eigenvalue weighted by Gasteiger charge is 2.21. The minimum Gasteiger partial charge on any atom is -0.343 e. The summed E-state index contributed by atoms with van der Waals surface area (Å²) in [5.41, 5.74) is 4.52. The molecule has 3 rings (SSSR count). The molecule has 3 aromatic rings. The Kier molecular flexibility index (Phi) is 7.69. The first-order valence-electron chi connectivity index (χ1n) is 10.8. The molecule has 162 valence electrons. The second-order valence-corrected chi connectivity index (χ2v) is 8.19. The van der Waals surface area contributed by atoms with Gasteiger partial charge >= 0.3 is 0 Å². The van der Waals surface area contributed by atoms with Crippen LogP contribution in [0.1, 0.15) is 59.6 Å². The van der Waals surface area contributed by atoms with Crippen molar-refractivity contribution in [2.45, 2.75) is 53.0 Å². The molecule has 0 unspecified atom stereocenters. The van der Waals surface area contributed by atoms with Crippen LogP contribution in [0, 0.1) is 6.92 Å². The number of nitrogens with one attached hydrogen (secondary N) is 1. The summed E-state index contributed by atoms with van der Waals surface area (Å²) in [6, 6.07) is 17.0. The zero-order valence-electron chi connectivity index (χ0n) is 18.4. The molecule has 1 heterocycles. The van der Waals surface area contributed by atoms with Crippen LogP contribution in [-0.2, 0) is 19.4 Å². The maximum Gasteiger partial charge on any atom is 0.261 e. The number of anilines is 1. The van der Waals surface area contributed by atoms with Crippen molar-refractivity contribution in [1.82, 2.24) is 4.57 Å². The van der Waals surface area contributed by atoms with E-state index < -0.39 is 5.91 Å². The topological polar surface area (TPSA) is 51.1 Å². The lowest BCUT2D eigenvalue weighted by Gasteiger charge is -2.21. The maximum absolute atomic E-state index is 13.2. The molecule has 0 spiro atoms. The molecule has 1 amide bonds. The number of aryl methyl sites for hydroxylation is 2. The first kappa shape index (κ1) is 22.8. The van der Waals surface area contributed by atoms with Gasteiger partial charge in [0.2, 0.25) is 0 Å². The average molecular weight is 437 g/mol. The summed E-state index contributed by atoms with van der Waals surface area (Å²) in [5.74, 6) is -0.412. The Morgan fingerprint density at radius 2 is 1.77 bits per heavy atom. The van der Waals surface area contributed by atoms with Gasteiger partial charge < -0.3 is 9.88 Å². The fourth-order valence-corrected chi connectivity index (χ4v) is 3.90. The number of carbonyl (C=O) groups is 1. The number of carbonyl (C=O) groups excluding carboxylic acids is 1. The monoisotopic (exact) mass is 436 g/mol. The third-order valence-corrected chi connectivity index (χ3v) is 5.77. The molecule has 0 atom stereocenters. The first-order valence-corrected chi connectivity index (χ1v) is 11.2. The molecule has 0 saturated carbocycles. The predicted octanol–water partition coefficient (Wildman–Crippen LogP) is 6.02. The molecule has 5 heteroatoms. The van der Waals surface area contributed by atoms with Crippen LogP contribution in [0.2, 0.25) is 5.02 Å². The SMILES string of the molecule is CCCCc1c(C(=O)Nc2ccccc2Cl)c(=O)cc(CC)n1Cc1ccc(C)cc1. The van der Waals surface area contributed by atoms with Gasteiger partial charge in [0.15, 0.2) is 5.43 Å². The highest BCUT2D eigenvalue weighted by Crippen LogP contribution is 2.22. The van der Waals surface area contributed by atoms with Gasteiger partial charge in [-0.1, -0.05) is 73.8 Å². The molecule has 2 aromatic carbocycles. The van der Waals surface area contributed by atoms with Crippen molar-refractivity contribution in [3.63, 3.8) is 0 Å². The minimum absolute atomic E-state index is 0.206. The number of pyridine rings is 1. The van der Waals surface area contributed by atoms with Crippen molar-refractivity contribution in [3.8, 4) is 0 Å². The van der Waals surface area contributed by atoms with Crippen LogP contribution in [-0.4, -0.2) is 10.5 Å². The van der Waals surface area contributed by atoms with Gasteiger partial charge in [0.1, 0.15) is 5.56 Å². The summed E-state index contributed by atoms with van der Waals surface area (Å²) in [6.07, 6.45) is 3.25. The normalized spacial score (nSPS) is 10.8. The summed E-state index contributed by atoms with van der Waals surface area (Å²) < 4.78 is 2.14. The Morgan fingerprint density at radius 1 is 1.06 bits per heavy atom. The van der Waals surface area contributed by atoms with E-state index in [0.717, 1.165) is 29.8 Å². The molecule has 31 heavy (non-hydrogen) atoms. The maximum atomic E-state index is 13.2. The number of amides is 1. The van der Waals surface area contributed by atoms with Crippen LogP contribution in [0.4, 0.5) is 5.69 Å². The number of benzene rings is 2. The number of hydrogen-bond acceptors (Lipinski definition) is 2. The van der Waals surface area contributed by atoms with E-state index in [2.05, 4.69) is 48.0 Å². The highest BCUT2D eigenvalue weighted by molar-refractivity contribution is 6.33. The molecule has 0 saturated heterocycles. The van der Waals surface area contributed by atoms with Crippen molar-refractivity contribution in [2.24, 2.45) is 0 Å². The Bertz CT molecular complexity index is 1120. The summed E-state index contributed by atoms with van der Waals surface area (Å²) in [6.45, 7) is 6.82. The molecule has 4 nitrogen and oxygen atoms in total. The number of rotatable bonds is 8. The Labute approximate surface area is 188 Å². The second kappa shape index (κ2) is 10.5. The molecule has 0 aliphatic rings. The van der Waals surface area contributed by atoms with Crippen molar-refractivity contribution in [1.29, 1.82) is 0 Å². The van der Waals surface area contributed by atoms with E-state index in [-0.39, 0.29) is 11.0 Å². The van der Waals surface area contributed by atoms with E-state index >= 15 is 0 Å². The number of nitrogens with zero attached hydrogens (tertiary/aromatic N) is 1. The van der Waals surface area contributed by atoms with Crippen LogP contribution in [0.15, 0.2) is 59.4 Å². The smallest absolute Gasteiger partial charge is 0.261 e. The lowest BCUT2D eigenvalue weighted by molar-refractivity contribution is 0.102. The summed E-state index contributed by atoms with van der Waals surface area (Å²) >= 11 is 6.22. The molecule has 0 fully saturated rings. The van der Waals surface area contributed by atoms with Gasteiger partial charge in [-0.2, -0.15) is 0 Å². The van der Waals surface area contributed by atoms with Crippen molar-refractivity contribution < 1.29 is 4.79 Å². The zero-order valence-corrected chi connectivity index (χ0v) is 19.1. The number of halogens is 1. The fraction of sp³-hybridized carbons (Fsp3) is 0.308. The zero-order chi connectivity index (χ0) is 22.4. The number of aromatic nitrogens is 1. The number of hydrogen-bond donors (Lipinski definition) is 1. The quantitative estimate of drug-likeness (QED) is 0.469. The third-order valence-electron chi connectivity index (χ3n) is 5.44. The Hall–Kier alpha value is -2.85. The van der Waals surface area contributed by atoms with Gasteiger partial charge in [-0.25, -0.2) is 0 Å². The van der Waals surface area contributed by atoms with Gasteiger partial charge in [0, 0.05) is 24.0 Å². The van der Waals surface area contributed by atoms with Crippen LogP contribution in [0.3, 0.4) is 0 Å². The third kappa shape index (κ3) is 5.45. The standard InChI is InChI=1S/C26H29ClN2O2/c1-4-6-11-23-25(26(31)28-22-10-8-7-9-21(22)27)24(30)16-20(5-2)29(23)17-19-14-12-18(3)13-15-19/h7-10,12-16H,4-6,11,17H2,1-3H3,(H,28,31). The van der Waals surface area contributed by atoms with Gasteiger partial charge in [-0.05, 0) is 43.9 Å². The van der Waals surface area contributed by atoms with Gasteiger partial charge in [0.05, 0.1) is 10.7 Å². The van der Waals surface area contributed by atoms with Crippen molar-refractivity contribution in [2.75, 3.05) is 5.32 Å². The Morgan fingerprint density at radius 3 is 2.42 bits per heavy atom. The summed E-state index contributed by atoms with van der Waals surface area (Å²) in [5, 5.41) is 3.28. The van der Waals surface area contributed by atoms with Gasteiger partial charge in [0.25, 0.3) is 5.91 Å². The van der Waals surface area contributed by atoms with Crippen molar-refractivity contribution in [3.05, 3.63) is 97.9 Å².